The number of nitrogens with zero attached hydrogens (tertiary/aromatic N) is 2. The number of non-ortho nitro benzene ring substituents is 1. The smallest absolute Gasteiger partial charge is 0.331 e. The lowest BCUT2D eigenvalue weighted by molar-refractivity contribution is -0.384. The molecule has 0 aliphatic rings. The summed E-state index contributed by atoms with van der Waals surface area (Å²) in [5.41, 5.74) is 5.86. The number of hydrogen-bond acceptors (Lipinski definition) is 6. The van der Waals surface area contributed by atoms with E-state index >= 15 is 0 Å². The van der Waals surface area contributed by atoms with E-state index in [-0.39, 0.29) is 16.2 Å². The molecule has 0 aliphatic carbocycles. The number of nitro benzene ring substituents is 1. The van der Waals surface area contributed by atoms with Gasteiger partial charge in [-0.15, -0.1) is 0 Å². The number of carbonyl (C=O) groups is 2. The summed E-state index contributed by atoms with van der Waals surface area (Å²) < 4.78 is 0.0435. The number of nitrogens with one attached hydrogen (secondary N) is 4. The topological polar surface area (TPSA) is 142 Å². The summed E-state index contributed by atoms with van der Waals surface area (Å²) in [6.07, 6.45) is 3.21. The van der Waals surface area contributed by atoms with Crippen molar-refractivity contribution in [2.45, 2.75) is 0 Å². The summed E-state index contributed by atoms with van der Waals surface area (Å²) in [6, 6.07) is 13.2. The van der Waals surface area contributed by atoms with E-state index in [1.807, 2.05) is 0 Å². The molecule has 0 saturated heterocycles. The number of anilines is 1. The highest BCUT2D eigenvalue weighted by molar-refractivity contribution is 7.71. The molecule has 3 amide bonds. The zero-order chi connectivity index (χ0) is 23.1. The van der Waals surface area contributed by atoms with Crippen LogP contribution in [0.4, 0.5) is 16.2 Å². The number of hydrazine groups is 1. The van der Waals surface area contributed by atoms with Crippen LogP contribution >= 0.6 is 23.8 Å². The summed E-state index contributed by atoms with van der Waals surface area (Å²) >= 11 is 10.8. The highest BCUT2D eigenvalue weighted by Gasteiger charge is 2.10. The quantitative estimate of drug-likeness (QED) is 0.248. The molecular formula is C20H15ClN6O4S. The molecule has 1 heterocycles. The molecule has 0 fully saturated rings. The second kappa shape index (κ2) is 10.3. The number of carbonyl (C=O) groups excluding carboxylic acids is 2. The number of aromatic nitrogens is 2. The summed E-state index contributed by atoms with van der Waals surface area (Å²) in [5, 5.41) is 13.9. The van der Waals surface area contributed by atoms with E-state index in [4.69, 9.17) is 23.8 Å². The Balaban J connectivity index is 1.65. The molecule has 0 aliphatic heterocycles. The van der Waals surface area contributed by atoms with Crippen molar-refractivity contribution in [2.75, 3.05) is 5.32 Å². The minimum absolute atomic E-state index is 0.0424. The fourth-order valence-corrected chi connectivity index (χ4v) is 2.83. The average Bonchev–Trinajstić information content (AvgIpc) is 2.77. The number of rotatable bonds is 5. The number of urea groups is 1. The molecule has 3 aromatic rings. The van der Waals surface area contributed by atoms with Gasteiger partial charge in [0, 0.05) is 28.5 Å². The van der Waals surface area contributed by atoms with Crippen LogP contribution in [-0.4, -0.2) is 26.8 Å². The average molecular weight is 471 g/mol. The first-order valence-corrected chi connectivity index (χ1v) is 9.75. The largest absolute Gasteiger partial charge is 0.337 e. The fraction of sp³-hybridized carbons (Fsp3) is 0. The number of hydrogen-bond donors (Lipinski definition) is 4. The molecule has 2 aromatic carbocycles. The van der Waals surface area contributed by atoms with Gasteiger partial charge < -0.3 is 10.3 Å². The summed E-state index contributed by atoms with van der Waals surface area (Å²) in [6.45, 7) is 0. The van der Waals surface area contributed by atoms with Crippen molar-refractivity contribution in [1.82, 2.24) is 20.8 Å². The molecular weight excluding hydrogens is 456 g/mol. The van der Waals surface area contributed by atoms with Gasteiger partial charge >= 0.3 is 6.03 Å². The van der Waals surface area contributed by atoms with Gasteiger partial charge in [-0.25, -0.2) is 15.2 Å². The molecule has 0 bridgehead atoms. The third-order valence-corrected chi connectivity index (χ3v) is 4.37. The third-order valence-electron chi connectivity index (χ3n) is 3.93. The van der Waals surface area contributed by atoms with Crippen LogP contribution in [0.1, 0.15) is 21.7 Å². The number of benzene rings is 2. The van der Waals surface area contributed by atoms with Gasteiger partial charge in [0.25, 0.3) is 11.6 Å². The van der Waals surface area contributed by atoms with E-state index in [1.54, 1.807) is 48.6 Å². The standard InChI is InChI=1S/C20H15ClN6O4S/c21-13-5-8-14(9-6-13)22-19(29)26-25-18(28)17-11-15(23-20(32)24-17)7-4-12-2-1-3-16(10-12)27(30)31/h1-11H,(H,25,28)(H2,22,26,29)(H,23,24,32)/b7-4+. The van der Waals surface area contributed by atoms with E-state index < -0.39 is 16.9 Å². The van der Waals surface area contributed by atoms with Crippen LogP contribution < -0.4 is 16.2 Å². The maximum atomic E-state index is 12.4. The van der Waals surface area contributed by atoms with Gasteiger partial charge in [-0.3, -0.25) is 20.3 Å². The number of amides is 3. The number of nitro groups is 1. The summed E-state index contributed by atoms with van der Waals surface area (Å²) in [5.74, 6) is -0.693. The van der Waals surface area contributed by atoms with Crippen molar-refractivity contribution >= 4 is 59.3 Å². The van der Waals surface area contributed by atoms with E-state index in [9.17, 15) is 19.7 Å². The molecule has 0 spiro atoms. The van der Waals surface area contributed by atoms with Gasteiger partial charge in [0.05, 0.1) is 4.92 Å². The van der Waals surface area contributed by atoms with Crippen LogP contribution in [0.25, 0.3) is 12.2 Å². The molecule has 32 heavy (non-hydrogen) atoms. The van der Waals surface area contributed by atoms with Gasteiger partial charge in [-0.1, -0.05) is 29.8 Å². The van der Waals surface area contributed by atoms with E-state index in [2.05, 4.69) is 26.1 Å². The Morgan fingerprint density at radius 2 is 1.84 bits per heavy atom. The number of H-pyrrole nitrogens is 1. The lowest BCUT2D eigenvalue weighted by atomic mass is 10.1. The van der Waals surface area contributed by atoms with Crippen molar-refractivity contribution in [3.8, 4) is 0 Å². The third kappa shape index (κ3) is 6.45. The first-order chi connectivity index (χ1) is 15.3. The number of aromatic amines is 1. The molecule has 0 unspecified atom stereocenters. The predicted molar refractivity (Wildman–Crippen MR) is 123 cm³/mol. The Kier molecular flexibility index (Phi) is 7.26. The monoisotopic (exact) mass is 470 g/mol. The van der Waals surface area contributed by atoms with Gasteiger partial charge in [-0.05, 0) is 54.2 Å². The van der Waals surface area contributed by atoms with E-state index in [0.29, 0.717) is 22.0 Å². The highest BCUT2D eigenvalue weighted by atomic mass is 35.5. The molecule has 0 atom stereocenters. The lowest BCUT2D eigenvalue weighted by Gasteiger charge is -2.09. The van der Waals surface area contributed by atoms with Crippen molar-refractivity contribution in [3.63, 3.8) is 0 Å². The molecule has 10 nitrogen and oxygen atoms in total. The molecule has 0 saturated carbocycles. The minimum Gasteiger partial charge on any atom is -0.331 e. The first-order valence-electron chi connectivity index (χ1n) is 8.97. The summed E-state index contributed by atoms with van der Waals surface area (Å²) in [7, 11) is 0. The number of halogens is 1. The van der Waals surface area contributed by atoms with E-state index in [0.717, 1.165) is 0 Å². The van der Waals surface area contributed by atoms with Crippen LogP contribution in [0.5, 0.6) is 0 Å². The first kappa shape index (κ1) is 22.6. The minimum atomic E-state index is -0.693. The van der Waals surface area contributed by atoms with Crippen molar-refractivity contribution in [1.29, 1.82) is 0 Å². The predicted octanol–water partition coefficient (Wildman–Crippen LogP) is 4.34. The Bertz CT molecular complexity index is 1260. The highest BCUT2D eigenvalue weighted by Crippen LogP contribution is 2.15. The zero-order valence-electron chi connectivity index (χ0n) is 16.2. The van der Waals surface area contributed by atoms with Crippen LogP contribution in [0.2, 0.25) is 5.02 Å². The van der Waals surface area contributed by atoms with Crippen molar-refractivity contribution in [2.24, 2.45) is 0 Å². The molecule has 3 rings (SSSR count). The maximum Gasteiger partial charge on any atom is 0.337 e. The SMILES string of the molecule is O=C(NNC(=O)c1cc(/C=C/c2cccc([N+](=O)[O-])c2)[nH]c(=S)n1)Nc1ccc(Cl)cc1. The molecule has 0 radical (unpaired) electrons. The van der Waals surface area contributed by atoms with E-state index in [1.165, 1.54) is 18.2 Å². The second-order valence-corrected chi connectivity index (χ2v) is 7.08. The lowest BCUT2D eigenvalue weighted by Crippen LogP contribution is -2.44. The fourth-order valence-electron chi connectivity index (χ4n) is 2.48. The zero-order valence-corrected chi connectivity index (χ0v) is 17.7. The Hall–Kier alpha value is -4.09. The van der Waals surface area contributed by atoms with Crippen LogP contribution in [0.3, 0.4) is 0 Å². The van der Waals surface area contributed by atoms with Crippen molar-refractivity contribution in [3.05, 3.63) is 91.5 Å². The van der Waals surface area contributed by atoms with Crippen LogP contribution in [-0.2, 0) is 0 Å². The second-order valence-electron chi connectivity index (χ2n) is 6.25. The molecule has 1 aromatic heterocycles. The van der Waals surface area contributed by atoms with Crippen LogP contribution in [0, 0.1) is 14.9 Å². The normalized spacial score (nSPS) is 10.5. The Morgan fingerprint density at radius 3 is 2.56 bits per heavy atom. The molecule has 162 valence electrons. The van der Waals surface area contributed by atoms with Crippen LogP contribution in [0.15, 0.2) is 54.6 Å². The Labute approximate surface area is 191 Å². The molecule has 12 heteroatoms. The van der Waals surface area contributed by atoms with Gasteiger partial charge in [0.15, 0.2) is 4.77 Å². The molecule has 4 N–H and O–H groups in total. The van der Waals surface area contributed by atoms with Gasteiger partial charge in [0.2, 0.25) is 0 Å². The summed E-state index contributed by atoms with van der Waals surface area (Å²) in [4.78, 5) is 41.4. The van der Waals surface area contributed by atoms with Gasteiger partial charge in [0.1, 0.15) is 5.69 Å². The van der Waals surface area contributed by atoms with Gasteiger partial charge in [-0.2, -0.15) is 0 Å². The van der Waals surface area contributed by atoms with Crippen molar-refractivity contribution < 1.29 is 14.5 Å². The maximum absolute atomic E-state index is 12.4. The Morgan fingerprint density at radius 1 is 1.09 bits per heavy atom.